The minimum atomic E-state index is -0.296. The average Bonchev–Trinajstić information content (AvgIpc) is 2.49. The van der Waals surface area contributed by atoms with Gasteiger partial charge < -0.3 is 15.0 Å². The molecule has 22 heavy (non-hydrogen) atoms. The van der Waals surface area contributed by atoms with Crippen molar-refractivity contribution in [3.05, 3.63) is 29.3 Å². The van der Waals surface area contributed by atoms with Gasteiger partial charge in [0, 0.05) is 23.3 Å². The summed E-state index contributed by atoms with van der Waals surface area (Å²) in [5, 5.41) is 3.43. The van der Waals surface area contributed by atoms with E-state index in [0.29, 0.717) is 23.9 Å². The highest BCUT2D eigenvalue weighted by molar-refractivity contribution is 6.30. The van der Waals surface area contributed by atoms with Crippen LogP contribution in [0.3, 0.4) is 0 Å². The molecule has 1 aromatic carbocycles. The van der Waals surface area contributed by atoms with Gasteiger partial charge in [-0.05, 0) is 44.5 Å². The van der Waals surface area contributed by atoms with Crippen molar-refractivity contribution in [2.75, 3.05) is 18.5 Å². The Labute approximate surface area is 136 Å². The summed E-state index contributed by atoms with van der Waals surface area (Å²) in [6, 6.07) is 6.69. The van der Waals surface area contributed by atoms with Crippen molar-refractivity contribution >= 4 is 29.3 Å². The maximum atomic E-state index is 12.4. The van der Waals surface area contributed by atoms with Gasteiger partial charge in [-0.1, -0.05) is 18.5 Å². The van der Waals surface area contributed by atoms with E-state index >= 15 is 0 Å². The summed E-state index contributed by atoms with van der Waals surface area (Å²) >= 11 is 5.82. The number of carbonyl (C=O) groups is 2. The number of amides is 2. The van der Waals surface area contributed by atoms with E-state index in [1.54, 1.807) is 36.1 Å². The minimum Gasteiger partial charge on any atom is -0.466 e. The molecule has 6 heteroatoms. The van der Waals surface area contributed by atoms with Crippen molar-refractivity contribution in [1.29, 1.82) is 0 Å². The number of urea groups is 1. The predicted molar refractivity (Wildman–Crippen MR) is 88.2 cm³/mol. The van der Waals surface area contributed by atoms with Crippen molar-refractivity contribution < 1.29 is 14.3 Å². The van der Waals surface area contributed by atoms with Gasteiger partial charge in [0.15, 0.2) is 0 Å². The smallest absolute Gasteiger partial charge is 0.322 e. The zero-order chi connectivity index (χ0) is 16.5. The van der Waals surface area contributed by atoms with Crippen LogP contribution in [0.5, 0.6) is 0 Å². The molecule has 2 amide bonds. The highest BCUT2D eigenvalue weighted by Gasteiger charge is 2.20. The first-order valence-electron chi connectivity index (χ1n) is 7.46. The Kier molecular flexibility index (Phi) is 7.74. The second-order valence-electron chi connectivity index (χ2n) is 4.94. The number of anilines is 1. The van der Waals surface area contributed by atoms with Gasteiger partial charge in [0.2, 0.25) is 0 Å². The van der Waals surface area contributed by atoms with Crippen LogP contribution in [0.1, 0.15) is 33.6 Å². The number of rotatable bonds is 7. The molecule has 1 rings (SSSR count). The van der Waals surface area contributed by atoms with E-state index in [1.807, 2.05) is 13.8 Å². The van der Waals surface area contributed by atoms with Crippen LogP contribution in [-0.2, 0) is 9.53 Å². The fourth-order valence-electron chi connectivity index (χ4n) is 1.92. The van der Waals surface area contributed by atoms with Crippen LogP contribution in [0.4, 0.5) is 10.5 Å². The molecule has 1 N–H and O–H groups in total. The van der Waals surface area contributed by atoms with E-state index < -0.39 is 0 Å². The lowest BCUT2D eigenvalue weighted by molar-refractivity contribution is -0.143. The Bertz CT molecular complexity index is 491. The first-order valence-corrected chi connectivity index (χ1v) is 7.84. The van der Waals surface area contributed by atoms with Crippen LogP contribution in [-0.4, -0.2) is 36.1 Å². The van der Waals surface area contributed by atoms with Crippen LogP contribution in [0, 0.1) is 0 Å². The van der Waals surface area contributed by atoms with Crippen molar-refractivity contribution in [2.24, 2.45) is 0 Å². The average molecular weight is 327 g/mol. The second kappa shape index (κ2) is 9.30. The van der Waals surface area contributed by atoms with Crippen LogP contribution in [0.2, 0.25) is 5.02 Å². The van der Waals surface area contributed by atoms with Gasteiger partial charge >= 0.3 is 12.0 Å². The van der Waals surface area contributed by atoms with Crippen LogP contribution in [0.15, 0.2) is 24.3 Å². The molecule has 0 heterocycles. The quantitative estimate of drug-likeness (QED) is 0.772. The number of benzene rings is 1. The van der Waals surface area contributed by atoms with Crippen LogP contribution in [0.25, 0.3) is 0 Å². The van der Waals surface area contributed by atoms with E-state index in [2.05, 4.69) is 5.32 Å². The summed E-state index contributed by atoms with van der Waals surface area (Å²) in [6.07, 6.45) is 0.989. The summed E-state index contributed by atoms with van der Waals surface area (Å²) in [7, 11) is 0. The number of hydrogen-bond acceptors (Lipinski definition) is 3. The summed E-state index contributed by atoms with van der Waals surface area (Å²) in [6.45, 7) is 6.38. The molecule has 122 valence electrons. The Balaban J connectivity index is 2.67. The van der Waals surface area contributed by atoms with E-state index in [-0.39, 0.29) is 24.5 Å². The van der Waals surface area contributed by atoms with E-state index in [4.69, 9.17) is 16.3 Å². The molecule has 1 aromatic rings. The monoisotopic (exact) mass is 326 g/mol. The third-order valence-electron chi connectivity index (χ3n) is 3.34. The Hall–Kier alpha value is -1.75. The molecule has 0 saturated carbocycles. The number of ether oxygens (including phenoxy) is 1. The molecule has 0 aliphatic carbocycles. The molecule has 0 aliphatic heterocycles. The molecule has 5 nitrogen and oxygen atoms in total. The molecule has 0 radical (unpaired) electrons. The Morgan fingerprint density at radius 3 is 2.45 bits per heavy atom. The van der Waals surface area contributed by atoms with E-state index in [9.17, 15) is 9.59 Å². The molecule has 0 fully saturated rings. The number of nitrogens with one attached hydrogen (secondary N) is 1. The van der Waals surface area contributed by atoms with Crippen molar-refractivity contribution in [2.45, 2.75) is 39.7 Å². The largest absolute Gasteiger partial charge is 0.466 e. The van der Waals surface area contributed by atoms with E-state index in [1.165, 1.54) is 0 Å². The molecular weight excluding hydrogens is 304 g/mol. The van der Waals surface area contributed by atoms with Crippen LogP contribution >= 0.6 is 11.6 Å². The summed E-state index contributed by atoms with van der Waals surface area (Å²) < 4.78 is 4.90. The van der Waals surface area contributed by atoms with E-state index in [0.717, 1.165) is 6.42 Å². The third kappa shape index (κ3) is 5.93. The predicted octanol–water partition coefficient (Wildman–Crippen LogP) is 3.93. The normalized spacial score (nSPS) is 11.6. The van der Waals surface area contributed by atoms with Gasteiger partial charge in [0.1, 0.15) is 0 Å². The fraction of sp³-hybridized carbons (Fsp3) is 0.500. The Morgan fingerprint density at radius 2 is 1.91 bits per heavy atom. The van der Waals surface area contributed by atoms with Gasteiger partial charge in [-0.15, -0.1) is 0 Å². The highest BCUT2D eigenvalue weighted by Crippen LogP contribution is 2.15. The van der Waals surface area contributed by atoms with Gasteiger partial charge in [-0.3, -0.25) is 4.79 Å². The minimum absolute atomic E-state index is 0.0294. The van der Waals surface area contributed by atoms with Crippen molar-refractivity contribution in [3.8, 4) is 0 Å². The van der Waals surface area contributed by atoms with Gasteiger partial charge in [-0.25, -0.2) is 4.79 Å². The lowest BCUT2D eigenvalue weighted by Gasteiger charge is -2.28. The maximum absolute atomic E-state index is 12.4. The zero-order valence-corrected chi connectivity index (χ0v) is 14.0. The number of carbonyl (C=O) groups excluding carboxylic acids is 2. The molecule has 1 unspecified atom stereocenters. The zero-order valence-electron chi connectivity index (χ0n) is 13.3. The summed E-state index contributed by atoms with van der Waals surface area (Å²) in [5.74, 6) is -0.296. The standard InChI is InChI=1S/C16H23ClN2O3/c1-4-12(3)19(11-10-15(20)22-5-2)16(21)18-14-8-6-13(17)7-9-14/h6-9,12H,4-5,10-11H2,1-3H3,(H,18,21). The third-order valence-corrected chi connectivity index (χ3v) is 3.59. The topological polar surface area (TPSA) is 58.6 Å². The second-order valence-corrected chi connectivity index (χ2v) is 5.38. The SMILES string of the molecule is CCOC(=O)CCN(C(=O)Nc1ccc(Cl)cc1)C(C)CC. The maximum Gasteiger partial charge on any atom is 0.322 e. The van der Waals surface area contributed by atoms with Crippen molar-refractivity contribution in [3.63, 3.8) is 0 Å². The van der Waals surface area contributed by atoms with Gasteiger partial charge in [0.05, 0.1) is 13.0 Å². The highest BCUT2D eigenvalue weighted by atomic mass is 35.5. The Morgan fingerprint density at radius 1 is 1.27 bits per heavy atom. The lowest BCUT2D eigenvalue weighted by Crippen LogP contribution is -2.42. The lowest BCUT2D eigenvalue weighted by atomic mass is 10.2. The van der Waals surface area contributed by atoms with Gasteiger partial charge in [0.25, 0.3) is 0 Å². The molecule has 0 spiro atoms. The molecule has 0 saturated heterocycles. The number of nitrogens with zero attached hydrogens (tertiary/aromatic N) is 1. The number of hydrogen-bond donors (Lipinski definition) is 1. The molecular formula is C16H23ClN2O3. The van der Waals surface area contributed by atoms with Gasteiger partial charge in [-0.2, -0.15) is 0 Å². The number of halogens is 1. The number of esters is 1. The molecule has 1 atom stereocenters. The summed E-state index contributed by atoms with van der Waals surface area (Å²) in [4.78, 5) is 25.5. The molecule has 0 aliphatic rings. The molecule has 0 aromatic heterocycles. The first kappa shape index (κ1) is 18.3. The first-order chi connectivity index (χ1) is 10.5. The molecule has 0 bridgehead atoms. The van der Waals surface area contributed by atoms with Crippen molar-refractivity contribution in [1.82, 2.24) is 4.90 Å². The fourth-order valence-corrected chi connectivity index (χ4v) is 2.04. The van der Waals surface area contributed by atoms with Crippen LogP contribution < -0.4 is 5.32 Å². The summed E-state index contributed by atoms with van der Waals surface area (Å²) in [5.41, 5.74) is 0.666.